The van der Waals surface area contributed by atoms with Crippen LogP contribution in [0.15, 0.2) is 22.7 Å². The van der Waals surface area contributed by atoms with Crippen LogP contribution in [0.4, 0.5) is 0 Å². The van der Waals surface area contributed by atoms with E-state index in [2.05, 4.69) is 11.2 Å². The Bertz CT molecular complexity index is 538. The van der Waals surface area contributed by atoms with E-state index < -0.39 is 0 Å². The number of carbonyl (C=O) groups excluding carboxylic acids is 1. The number of hydrogen-bond donors (Lipinski definition) is 0. The lowest BCUT2D eigenvalue weighted by molar-refractivity contribution is 0.101. The smallest absolute Gasteiger partial charge is 0.182 e. The Kier molecular flexibility index (Phi) is 1.69. The van der Waals surface area contributed by atoms with Crippen LogP contribution in [0.3, 0.4) is 0 Å². The van der Waals surface area contributed by atoms with Gasteiger partial charge in [-0.2, -0.15) is 0 Å². The molecule has 0 saturated heterocycles. The maximum absolute atomic E-state index is 11.2. The zero-order chi connectivity index (χ0) is 10.4. The molecule has 0 atom stereocenters. The number of hydrogen-bond acceptors (Lipinski definition) is 3. The van der Waals surface area contributed by atoms with E-state index in [1.54, 1.807) is 0 Å². The van der Waals surface area contributed by atoms with Crippen molar-refractivity contribution < 1.29 is 9.32 Å². The van der Waals surface area contributed by atoms with E-state index in [0.29, 0.717) is 11.6 Å². The summed E-state index contributed by atoms with van der Waals surface area (Å²) >= 11 is 0. The Balaban J connectivity index is 2.17. The molecule has 2 aromatic rings. The van der Waals surface area contributed by atoms with Gasteiger partial charge in [-0.05, 0) is 36.5 Å². The van der Waals surface area contributed by atoms with Gasteiger partial charge in [-0.15, -0.1) is 0 Å². The fraction of sp³-hybridized carbons (Fsp3) is 0.333. The Hall–Kier alpha value is -1.64. The van der Waals surface area contributed by atoms with Crippen LogP contribution in [0.25, 0.3) is 11.0 Å². The second kappa shape index (κ2) is 2.92. The molecule has 0 unspecified atom stereocenters. The van der Waals surface area contributed by atoms with Crippen molar-refractivity contribution in [3.8, 4) is 0 Å². The van der Waals surface area contributed by atoms with Crippen LogP contribution in [0.1, 0.15) is 41.7 Å². The first-order valence-corrected chi connectivity index (χ1v) is 5.16. The van der Waals surface area contributed by atoms with Crippen LogP contribution in [-0.2, 0) is 0 Å². The molecule has 1 aliphatic rings. The molecule has 0 bridgehead atoms. The molecule has 0 radical (unpaired) electrons. The molecule has 3 heteroatoms. The third kappa shape index (κ3) is 1.35. The average Bonchev–Trinajstić information content (AvgIpc) is 2.97. The lowest BCUT2D eigenvalue weighted by Crippen LogP contribution is -1.91. The topological polar surface area (TPSA) is 43.1 Å². The van der Waals surface area contributed by atoms with Gasteiger partial charge in [-0.1, -0.05) is 11.2 Å². The number of nitrogens with zero attached hydrogens (tertiary/aromatic N) is 1. The van der Waals surface area contributed by atoms with Gasteiger partial charge in [0.15, 0.2) is 17.1 Å². The highest BCUT2D eigenvalue weighted by atomic mass is 16.5. The van der Waals surface area contributed by atoms with Crippen LogP contribution >= 0.6 is 0 Å². The molecule has 0 amide bonds. The number of rotatable bonds is 2. The normalized spacial score (nSPS) is 15.8. The van der Waals surface area contributed by atoms with Gasteiger partial charge in [0.2, 0.25) is 0 Å². The van der Waals surface area contributed by atoms with E-state index >= 15 is 0 Å². The van der Waals surface area contributed by atoms with E-state index in [4.69, 9.17) is 4.52 Å². The van der Waals surface area contributed by atoms with Gasteiger partial charge in [0.1, 0.15) is 0 Å². The predicted octanol–water partition coefficient (Wildman–Crippen LogP) is 2.91. The second-order valence-corrected chi connectivity index (χ2v) is 4.12. The molecule has 1 aromatic carbocycles. The van der Waals surface area contributed by atoms with E-state index in [9.17, 15) is 4.79 Å². The van der Waals surface area contributed by atoms with Crippen molar-refractivity contribution in [1.82, 2.24) is 5.16 Å². The number of aromatic nitrogens is 1. The molecule has 0 aliphatic heterocycles. The number of fused-ring (bicyclic) bond motifs is 1. The zero-order valence-corrected chi connectivity index (χ0v) is 8.49. The highest BCUT2D eigenvalue weighted by molar-refractivity contribution is 6.04. The molecule has 15 heavy (non-hydrogen) atoms. The van der Waals surface area contributed by atoms with Crippen molar-refractivity contribution >= 4 is 16.8 Å². The molecule has 1 aliphatic carbocycles. The summed E-state index contributed by atoms with van der Waals surface area (Å²) in [6.45, 7) is 1.51. The van der Waals surface area contributed by atoms with Crippen molar-refractivity contribution in [2.45, 2.75) is 25.7 Å². The van der Waals surface area contributed by atoms with Crippen molar-refractivity contribution in [2.24, 2.45) is 0 Å². The van der Waals surface area contributed by atoms with E-state index in [1.807, 2.05) is 12.1 Å². The van der Waals surface area contributed by atoms with Crippen LogP contribution < -0.4 is 0 Å². The summed E-state index contributed by atoms with van der Waals surface area (Å²) < 4.78 is 5.16. The molecular weight excluding hydrogens is 190 g/mol. The molecule has 0 spiro atoms. The van der Waals surface area contributed by atoms with Gasteiger partial charge in [-0.3, -0.25) is 4.79 Å². The fourth-order valence-electron chi connectivity index (χ4n) is 1.88. The van der Waals surface area contributed by atoms with Gasteiger partial charge in [0, 0.05) is 6.92 Å². The first-order valence-electron chi connectivity index (χ1n) is 5.16. The molecular formula is C12H11NO2. The molecule has 0 N–H and O–H groups in total. The first-order chi connectivity index (χ1) is 7.25. The van der Waals surface area contributed by atoms with Crippen molar-refractivity contribution in [3.63, 3.8) is 0 Å². The Morgan fingerprint density at radius 3 is 2.93 bits per heavy atom. The van der Waals surface area contributed by atoms with Crippen molar-refractivity contribution in [3.05, 3.63) is 29.5 Å². The fourth-order valence-corrected chi connectivity index (χ4v) is 1.88. The van der Waals surface area contributed by atoms with Gasteiger partial charge in [0.05, 0.1) is 5.39 Å². The Morgan fingerprint density at radius 2 is 2.27 bits per heavy atom. The van der Waals surface area contributed by atoms with Gasteiger partial charge < -0.3 is 4.52 Å². The standard InChI is InChI=1S/C12H11NO2/c1-7(14)12-10-5-4-9(8-2-3-8)6-11(10)15-13-12/h4-6,8H,2-3H2,1H3. The second-order valence-electron chi connectivity index (χ2n) is 4.12. The summed E-state index contributed by atoms with van der Waals surface area (Å²) in [4.78, 5) is 11.2. The van der Waals surface area contributed by atoms with Gasteiger partial charge in [0.25, 0.3) is 0 Å². The SMILES string of the molecule is CC(=O)c1noc2cc(C3CC3)ccc12. The summed E-state index contributed by atoms with van der Waals surface area (Å²) in [7, 11) is 0. The lowest BCUT2D eigenvalue weighted by atomic mass is 10.1. The predicted molar refractivity (Wildman–Crippen MR) is 56.0 cm³/mol. The monoisotopic (exact) mass is 201 g/mol. The van der Waals surface area contributed by atoms with Crippen molar-refractivity contribution in [1.29, 1.82) is 0 Å². The summed E-state index contributed by atoms with van der Waals surface area (Å²) in [6.07, 6.45) is 2.53. The molecule has 3 rings (SSSR count). The average molecular weight is 201 g/mol. The minimum absolute atomic E-state index is 0.0482. The third-order valence-electron chi connectivity index (χ3n) is 2.88. The maximum atomic E-state index is 11.2. The Morgan fingerprint density at radius 1 is 1.47 bits per heavy atom. The van der Waals surface area contributed by atoms with Crippen LogP contribution in [-0.4, -0.2) is 10.9 Å². The summed E-state index contributed by atoms with van der Waals surface area (Å²) in [5.74, 6) is 0.646. The van der Waals surface area contributed by atoms with Gasteiger partial charge in [-0.25, -0.2) is 0 Å². The highest BCUT2D eigenvalue weighted by Gasteiger charge is 2.24. The number of benzene rings is 1. The van der Waals surface area contributed by atoms with Crippen molar-refractivity contribution in [2.75, 3.05) is 0 Å². The van der Waals surface area contributed by atoms with Gasteiger partial charge >= 0.3 is 0 Å². The number of ketones is 1. The number of carbonyl (C=O) groups is 1. The molecule has 1 aromatic heterocycles. The molecule has 3 nitrogen and oxygen atoms in total. The quantitative estimate of drug-likeness (QED) is 0.701. The number of Topliss-reactive ketones (excluding diaryl/α,β-unsaturated/α-hetero) is 1. The highest BCUT2D eigenvalue weighted by Crippen LogP contribution is 2.41. The van der Waals surface area contributed by atoms with E-state index in [1.165, 1.54) is 25.3 Å². The zero-order valence-electron chi connectivity index (χ0n) is 8.49. The molecule has 1 fully saturated rings. The minimum atomic E-state index is -0.0482. The summed E-state index contributed by atoms with van der Waals surface area (Å²) in [5.41, 5.74) is 2.46. The first kappa shape index (κ1) is 8.65. The molecule has 76 valence electrons. The summed E-state index contributed by atoms with van der Waals surface area (Å²) in [6, 6.07) is 6.02. The van der Waals surface area contributed by atoms with Crippen LogP contribution in [0, 0.1) is 0 Å². The third-order valence-corrected chi connectivity index (χ3v) is 2.88. The van der Waals surface area contributed by atoms with E-state index in [-0.39, 0.29) is 5.78 Å². The summed E-state index contributed by atoms with van der Waals surface area (Å²) in [5, 5.41) is 4.62. The minimum Gasteiger partial charge on any atom is -0.356 e. The van der Waals surface area contributed by atoms with E-state index in [0.717, 1.165) is 11.0 Å². The molecule has 1 heterocycles. The molecule has 1 saturated carbocycles. The Labute approximate surface area is 87.1 Å². The van der Waals surface area contributed by atoms with Crippen LogP contribution in [0.5, 0.6) is 0 Å². The largest absolute Gasteiger partial charge is 0.356 e. The van der Waals surface area contributed by atoms with Crippen LogP contribution in [0.2, 0.25) is 0 Å². The maximum Gasteiger partial charge on any atom is 0.182 e. The lowest BCUT2D eigenvalue weighted by Gasteiger charge is -1.95.